The molecule has 0 aromatic rings. The Bertz CT molecular complexity index is 150. The van der Waals surface area contributed by atoms with Crippen LogP contribution in [-0.2, 0) is 4.74 Å². The van der Waals surface area contributed by atoms with Crippen LogP contribution in [0.2, 0.25) is 0 Å². The lowest BCUT2D eigenvalue weighted by Crippen LogP contribution is -2.16. The molecule has 0 spiro atoms. The van der Waals surface area contributed by atoms with Crippen molar-refractivity contribution in [3.05, 3.63) is 12.2 Å². The molecule has 0 aliphatic heterocycles. The van der Waals surface area contributed by atoms with E-state index in [2.05, 4.69) is 6.58 Å². The van der Waals surface area contributed by atoms with Gasteiger partial charge in [0.2, 0.25) is 0 Å². The Kier molecular flexibility index (Phi) is 5.09. The van der Waals surface area contributed by atoms with Crippen molar-refractivity contribution in [2.75, 3.05) is 19.8 Å². The number of ether oxygens (including phenoxy) is 1. The third-order valence-electron chi connectivity index (χ3n) is 2.67. The fourth-order valence-electron chi connectivity index (χ4n) is 1.78. The monoisotopic (exact) mass is 183 g/mol. The van der Waals surface area contributed by atoms with Crippen LogP contribution in [0.25, 0.3) is 0 Å². The smallest absolute Gasteiger partial charge is 0.0686 e. The highest BCUT2D eigenvalue weighted by molar-refractivity contribution is 4.95. The molecule has 1 aliphatic rings. The first kappa shape index (κ1) is 10.7. The lowest BCUT2D eigenvalue weighted by atomic mass is 9.90. The summed E-state index contributed by atoms with van der Waals surface area (Å²) in [7, 11) is 0. The molecule has 1 saturated carbocycles. The first-order valence-electron chi connectivity index (χ1n) is 5.27. The van der Waals surface area contributed by atoms with Gasteiger partial charge in [-0.15, -0.1) is 0 Å². The summed E-state index contributed by atoms with van der Waals surface area (Å²) in [4.78, 5) is 0. The Balaban J connectivity index is 2.01. The van der Waals surface area contributed by atoms with E-state index in [9.17, 15) is 0 Å². The van der Waals surface area contributed by atoms with E-state index in [1.165, 1.54) is 32.1 Å². The lowest BCUT2D eigenvalue weighted by Gasteiger charge is -2.21. The molecule has 0 saturated heterocycles. The molecule has 1 fully saturated rings. The van der Waals surface area contributed by atoms with Crippen LogP contribution in [-0.4, -0.2) is 19.8 Å². The van der Waals surface area contributed by atoms with Crippen LogP contribution in [0.4, 0.5) is 0 Å². The van der Waals surface area contributed by atoms with Gasteiger partial charge in [0, 0.05) is 13.2 Å². The summed E-state index contributed by atoms with van der Waals surface area (Å²) in [5.74, 6) is 0.791. The van der Waals surface area contributed by atoms with Crippen molar-refractivity contribution < 1.29 is 4.74 Å². The molecule has 0 unspecified atom stereocenters. The van der Waals surface area contributed by atoms with Crippen molar-refractivity contribution in [1.82, 2.24) is 0 Å². The van der Waals surface area contributed by atoms with Gasteiger partial charge in [0.05, 0.1) is 6.61 Å². The van der Waals surface area contributed by atoms with E-state index in [0.717, 1.165) is 18.1 Å². The molecule has 0 atom stereocenters. The van der Waals surface area contributed by atoms with Crippen LogP contribution >= 0.6 is 0 Å². The summed E-state index contributed by atoms with van der Waals surface area (Å²) < 4.78 is 5.55. The van der Waals surface area contributed by atoms with Gasteiger partial charge in [0.1, 0.15) is 0 Å². The average molecular weight is 183 g/mol. The van der Waals surface area contributed by atoms with E-state index in [1.54, 1.807) is 0 Å². The van der Waals surface area contributed by atoms with Crippen molar-refractivity contribution >= 4 is 0 Å². The topological polar surface area (TPSA) is 35.2 Å². The first-order chi connectivity index (χ1) is 6.33. The van der Waals surface area contributed by atoms with Crippen LogP contribution in [0.1, 0.15) is 32.1 Å². The summed E-state index contributed by atoms with van der Waals surface area (Å²) in [5.41, 5.74) is 6.41. The molecule has 2 N–H and O–H groups in total. The van der Waals surface area contributed by atoms with Crippen molar-refractivity contribution in [3.63, 3.8) is 0 Å². The minimum Gasteiger partial charge on any atom is -0.377 e. The van der Waals surface area contributed by atoms with E-state index < -0.39 is 0 Å². The second-order valence-electron chi connectivity index (χ2n) is 3.97. The molecular formula is C11H21NO. The molecular weight excluding hydrogens is 162 g/mol. The van der Waals surface area contributed by atoms with Crippen LogP contribution in [0.15, 0.2) is 12.2 Å². The quantitative estimate of drug-likeness (QED) is 0.662. The fourth-order valence-corrected chi connectivity index (χ4v) is 1.78. The maximum absolute atomic E-state index is 5.55. The third-order valence-corrected chi connectivity index (χ3v) is 2.67. The number of nitrogens with two attached hydrogens (primary N) is 1. The molecule has 2 heteroatoms. The molecule has 1 rings (SSSR count). The molecule has 0 radical (unpaired) electrons. The molecule has 0 heterocycles. The zero-order valence-electron chi connectivity index (χ0n) is 8.43. The number of rotatable bonds is 5. The Morgan fingerprint density at radius 3 is 2.62 bits per heavy atom. The molecule has 0 bridgehead atoms. The Hall–Kier alpha value is -0.340. The largest absolute Gasteiger partial charge is 0.377 e. The molecule has 1 aliphatic carbocycles. The highest BCUT2D eigenvalue weighted by atomic mass is 16.5. The zero-order valence-corrected chi connectivity index (χ0v) is 8.43. The van der Waals surface area contributed by atoms with Crippen molar-refractivity contribution in [2.45, 2.75) is 32.1 Å². The van der Waals surface area contributed by atoms with Crippen LogP contribution in [0, 0.1) is 5.92 Å². The molecule has 76 valence electrons. The highest BCUT2D eigenvalue weighted by Gasteiger charge is 2.12. The summed E-state index contributed by atoms with van der Waals surface area (Å²) >= 11 is 0. The van der Waals surface area contributed by atoms with Crippen LogP contribution in [0.5, 0.6) is 0 Å². The van der Waals surface area contributed by atoms with Gasteiger partial charge in [0.15, 0.2) is 0 Å². The van der Waals surface area contributed by atoms with Gasteiger partial charge in [0.25, 0.3) is 0 Å². The molecule has 13 heavy (non-hydrogen) atoms. The summed E-state index contributed by atoms with van der Waals surface area (Å²) in [6.45, 7) is 5.90. The summed E-state index contributed by atoms with van der Waals surface area (Å²) in [5, 5.41) is 0. The molecule has 2 nitrogen and oxygen atoms in total. The van der Waals surface area contributed by atoms with Crippen LogP contribution < -0.4 is 5.73 Å². The van der Waals surface area contributed by atoms with E-state index in [4.69, 9.17) is 10.5 Å². The summed E-state index contributed by atoms with van der Waals surface area (Å²) in [6, 6.07) is 0. The van der Waals surface area contributed by atoms with Gasteiger partial charge in [-0.3, -0.25) is 0 Å². The van der Waals surface area contributed by atoms with Crippen molar-refractivity contribution in [1.29, 1.82) is 0 Å². The summed E-state index contributed by atoms with van der Waals surface area (Å²) in [6.07, 6.45) is 6.86. The normalized spacial score (nSPS) is 18.8. The second kappa shape index (κ2) is 6.17. The SMILES string of the molecule is C=C(CN)COCC1CCCCC1. The van der Waals surface area contributed by atoms with Gasteiger partial charge in [-0.1, -0.05) is 25.8 Å². The standard InChI is InChI=1S/C11H21NO/c1-10(7-12)8-13-9-11-5-3-2-4-6-11/h11H,1-9,12H2. The predicted molar refractivity (Wildman–Crippen MR) is 55.6 cm³/mol. The highest BCUT2D eigenvalue weighted by Crippen LogP contribution is 2.23. The lowest BCUT2D eigenvalue weighted by molar-refractivity contribution is 0.101. The Morgan fingerprint density at radius 1 is 1.31 bits per heavy atom. The van der Waals surface area contributed by atoms with Gasteiger partial charge in [-0.25, -0.2) is 0 Å². The van der Waals surface area contributed by atoms with E-state index >= 15 is 0 Å². The molecule has 0 amide bonds. The van der Waals surface area contributed by atoms with Gasteiger partial charge in [-0.2, -0.15) is 0 Å². The van der Waals surface area contributed by atoms with Gasteiger partial charge >= 0.3 is 0 Å². The number of hydrogen-bond donors (Lipinski definition) is 1. The number of hydrogen-bond acceptors (Lipinski definition) is 2. The zero-order chi connectivity index (χ0) is 9.52. The Labute approximate surface area is 81.1 Å². The van der Waals surface area contributed by atoms with Crippen molar-refractivity contribution in [2.24, 2.45) is 11.7 Å². The third kappa shape index (κ3) is 4.44. The second-order valence-corrected chi connectivity index (χ2v) is 3.97. The van der Waals surface area contributed by atoms with Gasteiger partial charge < -0.3 is 10.5 Å². The maximum atomic E-state index is 5.55. The van der Waals surface area contributed by atoms with Crippen molar-refractivity contribution in [3.8, 4) is 0 Å². The molecule has 0 aromatic heterocycles. The first-order valence-corrected chi connectivity index (χ1v) is 5.27. The Morgan fingerprint density at radius 2 is 2.00 bits per heavy atom. The fraction of sp³-hybridized carbons (Fsp3) is 0.818. The average Bonchev–Trinajstić information content (AvgIpc) is 2.19. The van der Waals surface area contributed by atoms with E-state index in [0.29, 0.717) is 13.2 Å². The van der Waals surface area contributed by atoms with E-state index in [-0.39, 0.29) is 0 Å². The predicted octanol–water partition coefficient (Wildman–Crippen LogP) is 2.10. The van der Waals surface area contributed by atoms with E-state index in [1.807, 2.05) is 0 Å². The van der Waals surface area contributed by atoms with Gasteiger partial charge in [-0.05, 0) is 24.3 Å². The molecule has 0 aromatic carbocycles. The minimum absolute atomic E-state index is 0.546. The maximum Gasteiger partial charge on any atom is 0.0686 e. The van der Waals surface area contributed by atoms with Crippen LogP contribution in [0.3, 0.4) is 0 Å². The minimum atomic E-state index is 0.546.